The number of fused-ring (bicyclic) bond motifs is 3. The number of nitrogens with one attached hydrogen (secondary N) is 1. The lowest BCUT2D eigenvalue weighted by molar-refractivity contribution is 0.622. The Kier molecular flexibility index (Phi) is 3.42. The number of benzene rings is 1. The van der Waals surface area contributed by atoms with Gasteiger partial charge in [0.1, 0.15) is 5.52 Å². The first kappa shape index (κ1) is 13.7. The molecule has 1 N–H and O–H groups in total. The fourth-order valence-corrected chi connectivity index (χ4v) is 2.31. The van der Waals surface area contributed by atoms with E-state index in [-0.39, 0.29) is 23.1 Å². The van der Waals surface area contributed by atoms with Crippen LogP contribution in [-0.2, 0) is 6.54 Å². The normalized spacial score (nSPS) is 11.3. The topological polar surface area (TPSA) is 80.6 Å². The Labute approximate surface area is 122 Å². The summed E-state index contributed by atoms with van der Waals surface area (Å²) in [6.07, 6.45) is 0.478. The summed E-state index contributed by atoms with van der Waals surface area (Å²) >= 11 is 5.57. The van der Waals surface area contributed by atoms with Crippen molar-refractivity contribution in [3.63, 3.8) is 0 Å². The minimum absolute atomic E-state index is 0.00210. The van der Waals surface area contributed by atoms with Gasteiger partial charge in [-0.05, 0) is 12.5 Å². The van der Waals surface area contributed by atoms with Crippen molar-refractivity contribution in [2.45, 2.75) is 13.0 Å². The lowest BCUT2D eigenvalue weighted by atomic mass is 10.2. The first-order valence-corrected chi connectivity index (χ1v) is 6.80. The average Bonchev–Trinajstić information content (AvgIpc) is 2.47. The van der Waals surface area contributed by atoms with Crippen LogP contribution in [0.4, 0.5) is 4.39 Å². The van der Waals surface area contributed by atoms with Crippen LogP contribution in [0.5, 0.6) is 0 Å². The van der Waals surface area contributed by atoms with E-state index in [2.05, 4.69) is 15.2 Å². The van der Waals surface area contributed by atoms with E-state index in [9.17, 15) is 14.0 Å². The maximum Gasteiger partial charge on any atom is 0.328 e. The summed E-state index contributed by atoms with van der Waals surface area (Å²) in [4.78, 5) is 26.9. The smallest absolute Gasteiger partial charge is 0.305 e. The Bertz CT molecular complexity index is 950. The van der Waals surface area contributed by atoms with Crippen molar-refractivity contribution in [1.29, 1.82) is 0 Å². The van der Waals surface area contributed by atoms with E-state index in [1.807, 2.05) is 0 Å². The van der Waals surface area contributed by atoms with E-state index in [0.29, 0.717) is 17.7 Å². The second kappa shape index (κ2) is 5.25. The standard InChI is InChI=1S/C13H10ClFN4O2/c14-5-2-6-19-12(20)11-10(16-13(19)21)7-3-1-4-8(15)9(7)17-18-11/h1,3-4H,2,5-6H2,(H,16,21). The molecule has 2 heterocycles. The molecular formula is C13H10ClFN4O2. The van der Waals surface area contributed by atoms with E-state index in [4.69, 9.17) is 11.6 Å². The molecule has 2 aromatic heterocycles. The molecule has 0 spiro atoms. The zero-order chi connectivity index (χ0) is 15.0. The van der Waals surface area contributed by atoms with Gasteiger partial charge in [0.15, 0.2) is 11.3 Å². The summed E-state index contributed by atoms with van der Waals surface area (Å²) in [5.41, 5.74) is -0.925. The second-order valence-corrected chi connectivity index (χ2v) is 4.87. The van der Waals surface area contributed by atoms with Gasteiger partial charge >= 0.3 is 5.69 Å². The van der Waals surface area contributed by atoms with Crippen molar-refractivity contribution in [3.8, 4) is 0 Å². The van der Waals surface area contributed by atoms with Crippen LogP contribution in [0.1, 0.15) is 6.42 Å². The lowest BCUT2D eigenvalue weighted by Crippen LogP contribution is -2.35. The second-order valence-electron chi connectivity index (χ2n) is 4.49. The molecule has 3 rings (SSSR count). The molecule has 21 heavy (non-hydrogen) atoms. The summed E-state index contributed by atoms with van der Waals surface area (Å²) in [6.45, 7) is 0.191. The van der Waals surface area contributed by atoms with Crippen LogP contribution in [0.15, 0.2) is 27.8 Å². The van der Waals surface area contributed by atoms with Gasteiger partial charge < -0.3 is 4.98 Å². The number of H-pyrrole nitrogens is 1. The van der Waals surface area contributed by atoms with Crippen LogP contribution in [0.25, 0.3) is 21.9 Å². The van der Waals surface area contributed by atoms with Crippen LogP contribution in [-0.4, -0.2) is 25.6 Å². The van der Waals surface area contributed by atoms with Crippen LogP contribution in [0.2, 0.25) is 0 Å². The van der Waals surface area contributed by atoms with Crippen LogP contribution in [0, 0.1) is 5.82 Å². The Hall–Kier alpha value is -2.28. The molecule has 0 bridgehead atoms. The van der Waals surface area contributed by atoms with E-state index in [0.717, 1.165) is 4.57 Å². The molecule has 0 aliphatic heterocycles. The number of halogens is 2. The highest BCUT2D eigenvalue weighted by atomic mass is 35.5. The molecule has 0 saturated heterocycles. The fourth-order valence-electron chi connectivity index (χ4n) is 2.19. The van der Waals surface area contributed by atoms with Gasteiger partial charge in [-0.2, -0.15) is 0 Å². The van der Waals surface area contributed by atoms with E-state index >= 15 is 0 Å². The van der Waals surface area contributed by atoms with Gasteiger partial charge in [0.2, 0.25) is 0 Å². The predicted octanol–water partition coefficient (Wildman–Crippen LogP) is 1.40. The van der Waals surface area contributed by atoms with Gasteiger partial charge in [0.05, 0.1) is 5.52 Å². The third-order valence-electron chi connectivity index (χ3n) is 3.18. The van der Waals surface area contributed by atoms with Gasteiger partial charge in [-0.1, -0.05) is 12.1 Å². The minimum atomic E-state index is -0.573. The van der Waals surface area contributed by atoms with Crippen molar-refractivity contribution in [2.24, 2.45) is 0 Å². The molecule has 6 nitrogen and oxygen atoms in total. The Morgan fingerprint density at radius 2 is 2.00 bits per heavy atom. The highest BCUT2D eigenvalue weighted by Gasteiger charge is 2.13. The monoisotopic (exact) mass is 308 g/mol. The maximum atomic E-state index is 13.7. The third kappa shape index (κ3) is 2.19. The Morgan fingerprint density at radius 3 is 2.76 bits per heavy atom. The van der Waals surface area contributed by atoms with Crippen LogP contribution in [0.3, 0.4) is 0 Å². The van der Waals surface area contributed by atoms with Crippen LogP contribution >= 0.6 is 11.6 Å². The molecule has 3 aromatic rings. The van der Waals surface area contributed by atoms with Crippen LogP contribution < -0.4 is 11.2 Å². The highest BCUT2D eigenvalue weighted by molar-refractivity contribution is 6.17. The average molecular weight is 309 g/mol. The number of rotatable bonds is 3. The number of nitrogens with zero attached hydrogens (tertiary/aromatic N) is 3. The largest absolute Gasteiger partial charge is 0.328 e. The van der Waals surface area contributed by atoms with Crippen molar-refractivity contribution >= 4 is 33.5 Å². The van der Waals surface area contributed by atoms with Crippen molar-refractivity contribution in [2.75, 3.05) is 5.88 Å². The van der Waals surface area contributed by atoms with E-state index in [1.54, 1.807) is 6.07 Å². The maximum absolute atomic E-state index is 13.7. The molecule has 108 valence electrons. The summed E-state index contributed by atoms with van der Waals surface area (Å²) in [7, 11) is 0. The Balaban J connectivity index is 2.39. The third-order valence-corrected chi connectivity index (χ3v) is 3.45. The van der Waals surface area contributed by atoms with E-state index < -0.39 is 17.1 Å². The molecule has 0 aliphatic carbocycles. The SMILES string of the molecule is O=c1[nH]c2c(nnc3c(F)cccc32)c(=O)n1CCCCl. The molecular weight excluding hydrogens is 299 g/mol. The molecule has 8 heteroatoms. The fraction of sp³-hybridized carbons (Fsp3) is 0.231. The minimum Gasteiger partial charge on any atom is -0.305 e. The van der Waals surface area contributed by atoms with E-state index in [1.165, 1.54) is 12.1 Å². The van der Waals surface area contributed by atoms with Gasteiger partial charge in [0.25, 0.3) is 5.56 Å². The molecule has 0 saturated carbocycles. The predicted molar refractivity (Wildman–Crippen MR) is 77.2 cm³/mol. The molecule has 0 radical (unpaired) electrons. The number of hydrogen-bond donors (Lipinski definition) is 1. The molecule has 0 amide bonds. The van der Waals surface area contributed by atoms with Gasteiger partial charge in [-0.3, -0.25) is 9.36 Å². The van der Waals surface area contributed by atoms with Crippen molar-refractivity contribution in [1.82, 2.24) is 19.7 Å². The molecule has 0 fully saturated rings. The summed E-state index contributed by atoms with van der Waals surface area (Å²) < 4.78 is 14.7. The Morgan fingerprint density at radius 1 is 1.24 bits per heavy atom. The van der Waals surface area contributed by atoms with Gasteiger partial charge in [-0.25, -0.2) is 9.18 Å². The molecule has 0 aliphatic rings. The van der Waals surface area contributed by atoms with Crippen molar-refractivity contribution < 1.29 is 4.39 Å². The summed E-state index contributed by atoms with van der Waals surface area (Å²) in [5.74, 6) is -0.229. The zero-order valence-electron chi connectivity index (χ0n) is 10.8. The zero-order valence-corrected chi connectivity index (χ0v) is 11.5. The molecule has 0 unspecified atom stereocenters. The van der Waals surface area contributed by atoms with Crippen molar-refractivity contribution in [3.05, 3.63) is 44.9 Å². The number of aromatic nitrogens is 4. The number of alkyl halides is 1. The summed E-state index contributed by atoms with van der Waals surface area (Å²) in [5, 5.41) is 7.83. The number of hydrogen-bond acceptors (Lipinski definition) is 4. The summed E-state index contributed by atoms with van der Waals surface area (Å²) in [6, 6.07) is 4.30. The first-order chi connectivity index (χ1) is 10.1. The first-order valence-electron chi connectivity index (χ1n) is 6.27. The number of aromatic amines is 1. The van der Waals surface area contributed by atoms with Gasteiger partial charge in [0, 0.05) is 17.8 Å². The van der Waals surface area contributed by atoms with Gasteiger partial charge in [-0.15, -0.1) is 21.8 Å². The quantitative estimate of drug-likeness (QED) is 0.586. The molecule has 0 atom stereocenters. The highest BCUT2D eigenvalue weighted by Crippen LogP contribution is 2.19. The molecule has 1 aromatic carbocycles. The lowest BCUT2D eigenvalue weighted by Gasteiger charge is -2.06.